The van der Waals surface area contributed by atoms with Crippen molar-refractivity contribution in [3.8, 4) is 5.75 Å². The van der Waals surface area contributed by atoms with Crippen LogP contribution in [-0.4, -0.2) is 32.9 Å². The summed E-state index contributed by atoms with van der Waals surface area (Å²) in [6.07, 6.45) is 2.51. The first-order chi connectivity index (χ1) is 9.70. The Morgan fingerprint density at radius 2 is 2.15 bits per heavy atom. The minimum atomic E-state index is 0.337. The standard InChI is InChI=1S/C17H27NO2/c1-13(2)15(12-18-8-9-19-3)11-16-10-14-6-4-5-7-17(14)20-16/h4-7,13,15-16,18H,8-12H2,1-3H3. The van der Waals surface area contributed by atoms with E-state index in [2.05, 4.69) is 37.4 Å². The fourth-order valence-electron chi connectivity index (χ4n) is 2.78. The van der Waals surface area contributed by atoms with E-state index in [1.807, 2.05) is 6.07 Å². The van der Waals surface area contributed by atoms with E-state index in [4.69, 9.17) is 9.47 Å². The molecule has 1 aromatic carbocycles. The third-order valence-corrected chi connectivity index (χ3v) is 4.11. The van der Waals surface area contributed by atoms with E-state index in [1.54, 1.807) is 7.11 Å². The molecule has 2 unspecified atom stereocenters. The van der Waals surface area contributed by atoms with Crippen molar-refractivity contribution in [3.05, 3.63) is 29.8 Å². The summed E-state index contributed by atoms with van der Waals surface area (Å²) in [5, 5.41) is 3.48. The van der Waals surface area contributed by atoms with Crippen LogP contribution < -0.4 is 10.1 Å². The quantitative estimate of drug-likeness (QED) is 0.741. The molecule has 0 aromatic heterocycles. The maximum absolute atomic E-state index is 6.06. The Kier molecular flexibility index (Phi) is 5.86. The van der Waals surface area contributed by atoms with Gasteiger partial charge in [0, 0.05) is 20.1 Å². The fraction of sp³-hybridized carbons (Fsp3) is 0.647. The largest absolute Gasteiger partial charge is 0.490 e. The molecule has 0 fully saturated rings. The summed E-state index contributed by atoms with van der Waals surface area (Å²) in [4.78, 5) is 0. The molecule has 1 aromatic rings. The molecule has 1 aliphatic heterocycles. The summed E-state index contributed by atoms with van der Waals surface area (Å²) in [6.45, 7) is 7.33. The summed E-state index contributed by atoms with van der Waals surface area (Å²) in [5.41, 5.74) is 1.35. The number of fused-ring (bicyclic) bond motifs is 1. The van der Waals surface area contributed by atoms with Crippen molar-refractivity contribution in [1.29, 1.82) is 0 Å². The van der Waals surface area contributed by atoms with Crippen LogP contribution in [0.5, 0.6) is 5.75 Å². The van der Waals surface area contributed by atoms with Crippen LogP contribution in [0.4, 0.5) is 0 Å². The molecule has 2 rings (SSSR count). The van der Waals surface area contributed by atoms with Gasteiger partial charge < -0.3 is 14.8 Å². The first-order valence-corrected chi connectivity index (χ1v) is 7.65. The number of rotatable bonds is 8. The van der Waals surface area contributed by atoms with Gasteiger partial charge in [-0.2, -0.15) is 0 Å². The van der Waals surface area contributed by atoms with Crippen molar-refractivity contribution < 1.29 is 9.47 Å². The predicted octanol–water partition coefficient (Wildman–Crippen LogP) is 2.89. The van der Waals surface area contributed by atoms with Crippen LogP contribution in [0, 0.1) is 11.8 Å². The van der Waals surface area contributed by atoms with Gasteiger partial charge in [0.25, 0.3) is 0 Å². The van der Waals surface area contributed by atoms with Crippen molar-refractivity contribution in [2.45, 2.75) is 32.8 Å². The highest BCUT2D eigenvalue weighted by molar-refractivity contribution is 5.37. The molecule has 1 aliphatic rings. The van der Waals surface area contributed by atoms with E-state index in [-0.39, 0.29) is 0 Å². The lowest BCUT2D eigenvalue weighted by Gasteiger charge is -2.24. The molecule has 0 spiro atoms. The Hall–Kier alpha value is -1.06. The maximum atomic E-state index is 6.06. The van der Waals surface area contributed by atoms with E-state index < -0.39 is 0 Å². The lowest BCUT2D eigenvalue weighted by molar-refractivity contribution is 0.166. The first kappa shape index (κ1) is 15.3. The normalized spacial score (nSPS) is 18.9. The van der Waals surface area contributed by atoms with Gasteiger partial charge in [0.1, 0.15) is 11.9 Å². The second kappa shape index (κ2) is 7.65. The SMILES string of the molecule is COCCNCC(CC1Cc2ccccc2O1)C(C)C. The van der Waals surface area contributed by atoms with Crippen LogP contribution in [0.1, 0.15) is 25.8 Å². The summed E-state index contributed by atoms with van der Waals surface area (Å²) in [6, 6.07) is 8.40. The van der Waals surface area contributed by atoms with E-state index in [0.29, 0.717) is 17.9 Å². The van der Waals surface area contributed by atoms with Crippen LogP contribution in [-0.2, 0) is 11.2 Å². The highest BCUT2D eigenvalue weighted by Gasteiger charge is 2.26. The van der Waals surface area contributed by atoms with Crippen molar-refractivity contribution in [1.82, 2.24) is 5.32 Å². The lowest BCUT2D eigenvalue weighted by Crippen LogP contribution is -2.32. The van der Waals surface area contributed by atoms with Gasteiger partial charge in [0.15, 0.2) is 0 Å². The first-order valence-electron chi connectivity index (χ1n) is 7.65. The summed E-state index contributed by atoms with van der Waals surface area (Å²) < 4.78 is 11.1. The van der Waals surface area contributed by atoms with Crippen molar-refractivity contribution in [3.63, 3.8) is 0 Å². The van der Waals surface area contributed by atoms with Gasteiger partial charge >= 0.3 is 0 Å². The van der Waals surface area contributed by atoms with Crippen LogP contribution in [0.15, 0.2) is 24.3 Å². The number of nitrogens with one attached hydrogen (secondary N) is 1. The molecule has 0 amide bonds. The highest BCUT2D eigenvalue weighted by Crippen LogP contribution is 2.32. The Morgan fingerprint density at radius 1 is 1.35 bits per heavy atom. The molecule has 112 valence electrons. The zero-order chi connectivity index (χ0) is 14.4. The van der Waals surface area contributed by atoms with Crippen LogP contribution in [0.25, 0.3) is 0 Å². The van der Waals surface area contributed by atoms with Gasteiger partial charge in [0.05, 0.1) is 6.61 Å². The topological polar surface area (TPSA) is 30.5 Å². The second-order valence-corrected chi connectivity index (χ2v) is 5.99. The molecule has 0 bridgehead atoms. The van der Waals surface area contributed by atoms with Crippen molar-refractivity contribution in [2.75, 3.05) is 26.8 Å². The Morgan fingerprint density at radius 3 is 2.85 bits per heavy atom. The number of methoxy groups -OCH3 is 1. The number of benzene rings is 1. The van der Waals surface area contributed by atoms with E-state index >= 15 is 0 Å². The monoisotopic (exact) mass is 277 g/mol. The maximum Gasteiger partial charge on any atom is 0.123 e. The van der Waals surface area contributed by atoms with E-state index in [9.17, 15) is 0 Å². The molecule has 3 heteroatoms. The number of ether oxygens (including phenoxy) is 2. The van der Waals surface area contributed by atoms with Gasteiger partial charge in [-0.05, 0) is 36.4 Å². The summed E-state index contributed by atoms with van der Waals surface area (Å²) in [5.74, 6) is 2.39. The van der Waals surface area contributed by atoms with Gasteiger partial charge in [0.2, 0.25) is 0 Å². The molecule has 0 aliphatic carbocycles. The molecule has 0 saturated heterocycles. The summed E-state index contributed by atoms with van der Waals surface area (Å²) in [7, 11) is 1.74. The van der Waals surface area contributed by atoms with Gasteiger partial charge in [-0.3, -0.25) is 0 Å². The minimum Gasteiger partial charge on any atom is -0.490 e. The number of para-hydroxylation sites is 1. The molecular formula is C17H27NO2. The van der Waals surface area contributed by atoms with E-state index in [1.165, 1.54) is 5.56 Å². The Bertz CT molecular complexity index is 381. The van der Waals surface area contributed by atoms with Crippen molar-refractivity contribution in [2.24, 2.45) is 11.8 Å². The average molecular weight is 277 g/mol. The smallest absolute Gasteiger partial charge is 0.123 e. The lowest BCUT2D eigenvalue weighted by atomic mass is 9.89. The van der Waals surface area contributed by atoms with Crippen molar-refractivity contribution >= 4 is 0 Å². The Balaban J connectivity index is 1.81. The molecule has 1 heterocycles. The van der Waals surface area contributed by atoms with Crippen LogP contribution >= 0.6 is 0 Å². The summed E-state index contributed by atoms with van der Waals surface area (Å²) >= 11 is 0. The molecule has 2 atom stereocenters. The predicted molar refractivity (Wildman–Crippen MR) is 82.3 cm³/mol. The van der Waals surface area contributed by atoms with Gasteiger partial charge in [-0.15, -0.1) is 0 Å². The van der Waals surface area contributed by atoms with Crippen LogP contribution in [0.3, 0.4) is 0 Å². The van der Waals surface area contributed by atoms with Gasteiger partial charge in [-0.25, -0.2) is 0 Å². The molecule has 20 heavy (non-hydrogen) atoms. The minimum absolute atomic E-state index is 0.337. The second-order valence-electron chi connectivity index (χ2n) is 5.99. The molecule has 0 radical (unpaired) electrons. The molecule has 3 nitrogen and oxygen atoms in total. The average Bonchev–Trinajstić information content (AvgIpc) is 2.84. The number of hydrogen-bond acceptors (Lipinski definition) is 3. The zero-order valence-electron chi connectivity index (χ0n) is 12.9. The third-order valence-electron chi connectivity index (χ3n) is 4.11. The van der Waals surface area contributed by atoms with E-state index in [0.717, 1.165) is 38.3 Å². The Labute approximate surface area is 122 Å². The zero-order valence-corrected chi connectivity index (χ0v) is 12.9. The van der Waals surface area contributed by atoms with Gasteiger partial charge in [-0.1, -0.05) is 32.0 Å². The van der Waals surface area contributed by atoms with Crippen LogP contribution in [0.2, 0.25) is 0 Å². The third kappa shape index (κ3) is 4.22. The highest BCUT2D eigenvalue weighted by atomic mass is 16.5. The molecular weight excluding hydrogens is 250 g/mol. The fourth-order valence-corrected chi connectivity index (χ4v) is 2.78. The number of hydrogen-bond donors (Lipinski definition) is 1. The molecule has 0 saturated carbocycles. The molecule has 1 N–H and O–H groups in total.